The van der Waals surface area contributed by atoms with Crippen LogP contribution in [-0.4, -0.2) is 40.5 Å². The van der Waals surface area contributed by atoms with E-state index in [0.717, 1.165) is 42.3 Å². The topological polar surface area (TPSA) is 86.1 Å². The number of esters is 1. The van der Waals surface area contributed by atoms with Crippen molar-refractivity contribution in [1.82, 2.24) is 20.3 Å². The molecule has 0 bridgehead atoms. The Morgan fingerprint density at radius 2 is 1.76 bits per heavy atom. The minimum Gasteiger partial charge on any atom is -0.469 e. The van der Waals surface area contributed by atoms with Crippen LogP contribution < -0.4 is 5.32 Å². The van der Waals surface area contributed by atoms with Gasteiger partial charge in [0, 0.05) is 18.5 Å². The molecule has 0 saturated heterocycles. The number of aromatic nitrogens is 3. The van der Waals surface area contributed by atoms with Crippen LogP contribution in [0.25, 0.3) is 11.0 Å². The lowest BCUT2D eigenvalue weighted by molar-refractivity contribution is -0.140. The lowest BCUT2D eigenvalue weighted by Gasteiger charge is -2.07. The van der Waals surface area contributed by atoms with Gasteiger partial charge in [-0.25, -0.2) is 4.68 Å². The third-order valence-corrected chi connectivity index (χ3v) is 4.79. The number of hydrogen-bond acceptors (Lipinski definition) is 5. The third kappa shape index (κ3) is 5.88. The molecule has 29 heavy (non-hydrogen) atoms. The van der Waals surface area contributed by atoms with E-state index in [4.69, 9.17) is 0 Å². The smallest absolute Gasteiger partial charge is 0.305 e. The molecule has 7 nitrogen and oxygen atoms in total. The molecule has 0 unspecified atom stereocenters. The number of carbonyl (C=O) groups is 2. The summed E-state index contributed by atoms with van der Waals surface area (Å²) >= 11 is 0. The second kappa shape index (κ2) is 10.4. The first-order chi connectivity index (χ1) is 14.2. The predicted octanol–water partition coefficient (Wildman–Crippen LogP) is 3.33. The largest absolute Gasteiger partial charge is 0.469 e. The first-order valence-electron chi connectivity index (χ1n) is 9.89. The Hall–Kier alpha value is -3.22. The van der Waals surface area contributed by atoms with E-state index >= 15 is 0 Å². The van der Waals surface area contributed by atoms with E-state index in [0.29, 0.717) is 25.1 Å². The maximum atomic E-state index is 12.3. The quantitative estimate of drug-likeness (QED) is 0.421. The molecule has 1 amide bonds. The summed E-state index contributed by atoms with van der Waals surface area (Å²) in [6.45, 7) is 1.23. The average molecular weight is 394 g/mol. The number of fused-ring (bicyclic) bond motifs is 1. The van der Waals surface area contributed by atoms with Gasteiger partial charge in [-0.1, -0.05) is 42.3 Å². The van der Waals surface area contributed by atoms with Crippen LogP contribution in [0.15, 0.2) is 48.5 Å². The van der Waals surface area contributed by atoms with Gasteiger partial charge in [-0.2, -0.15) is 0 Å². The highest BCUT2D eigenvalue weighted by molar-refractivity contribution is 5.94. The number of nitrogens with one attached hydrogen (secondary N) is 1. The van der Waals surface area contributed by atoms with Crippen LogP contribution in [0.5, 0.6) is 0 Å². The van der Waals surface area contributed by atoms with E-state index in [1.54, 1.807) is 0 Å². The lowest BCUT2D eigenvalue weighted by Crippen LogP contribution is -2.24. The Kier molecular flexibility index (Phi) is 7.33. The maximum absolute atomic E-state index is 12.3. The minimum absolute atomic E-state index is 0.0719. The number of benzene rings is 2. The molecule has 0 atom stereocenters. The number of para-hydroxylation sites is 1. The van der Waals surface area contributed by atoms with Crippen LogP contribution >= 0.6 is 0 Å². The summed E-state index contributed by atoms with van der Waals surface area (Å²) in [5.74, 6) is -0.240. The Balaban J connectivity index is 1.41. The van der Waals surface area contributed by atoms with Crippen molar-refractivity contribution in [2.24, 2.45) is 0 Å². The molecular formula is C22H26N4O3. The van der Waals surface area contributed by atoms with Crippen LogP contribution in [-0.2, 0) is 16.1 Å². The molecule has 0 fully saturated rings. The molecule has 0 aliphatic carbocycles. The van der Waals surface area contributed by atoms with Crippen molar-refractivity contribution < 1.29 is 14.3 Å². The highest BCUT2D eigenvalue weighted by Gasteiger charge is 2.07. The molecule has 0 saturated carbocycles. The second-order valence-electron chi connectivity index (χ2n) is 6.93. The van der Waals surface area contributed by atoms with Gasteiger partial charge in [0.25, 0.3) is 5.91 Å². The molecule has 1 heterocycles. The summed E-state index contributed by atoms with van der Waals surface area (Å²) in [7, 11) is 1.40. The fourth-order valence-corrected chi connectivity index (χ4v) is 3.12. The van der Waals surface area contributed by atoms with Crippen molar-refractivity contribution in [2.75, 3.05) is 13.7 Å². The Morgan fingerprint density at radius 3 is 2.55 bits per heavy atom. The van der Waals surface area contributed by atoms with Crippen molar-refractivity contribution >= 4 is 22.9 Å². The number of nitrogens with zero attached hydrogens (tertiary/aromatic N) is 3. The Bertz CT molecular complexity index is 950. The second-order valence-corrected chi connectivity index (χ2v) is 6.93. The first kappa shape index (κ1) is 20.5. The van der Waals surface area contributed by atoms with Gasteiger partial charge in [-0.3, -0.25) is 9.59 Å². The van der Waals surface area contributed by atoms with E-state index in [1.807, 2.05) is 53.2 Å². The van der Waals surface area contributed by atoms with Gasteiger partial charge in [-0.05, 0) is 42.7 Å². The first-order valence-corrected chi connectivity index (χ1v) is 9.89. The van der Waals surface area contributed by atoms with Crippen molar-refractivity contribution in [3.63, 3.8) is 0 Å². The summed E-state index contributed by atoms with van der Waals surface area (Å²) in [6, 6.07) is 15.4. The zero-order chi connectivity index (χ0) is 20.5. The monoisotopic (exact) mass is 394 g/mol. The number of methoxy groups -OCH3 is 1. The van der Waals surface area contributed by atoms with Gasteiger partial charge in [-0.15, -0.1) is 5.10 Å². The molecule has 7 heteroatoms. The molecule has 0 aliphatic rings. The number of rotatable bonds is 10. The standard InChI is InChI=1S/C22H26N4O3/c1-29-21(27)10-4-2-3-7-15-23-22(28)18-13-11-17(12-14-18)16-26-20-9-6-5-8-19(20)24-25-26/h5-6,8-9,11-14H,2-4,7,10,15-16H2,1H3,(H,23,28). The van der Waals surface area contributed by atoms with Gasteiger partial charge in [0.15, 0.2) is 0 Å². The van der Waals surface area contributed by atoms with Crippen LogP contribution in [0.2, 0.25) is 0 Å². The van der Waals surface area contributed by atoms with Crippen LogP contribution in [0, 0.1) is 0 Å². The molecule has 1 aromatic heterocycles. The lowest BCUT2D eigenvalue weighted by atomic mass is 10.1. The van der Waals surface area contributed by atoms with E-state index < -0.39 is 0 Å². The number of unbranched alkanes of at least 4 members (excludes halogenated alkanes) is 3. The number of hydrogen-bond donors (Lipinski definition) is 1. The number of carbonyl (C=O) groups excluding carboxylic acids is 2. The normalized spacial score (nSPS) is 10.8. The predicted molar refractivity (Wildman–Crippen MR) is 111 cm³/mol. The number of amides is 1. The Morgan fingerprint density at radius 1 is 1.00 bits per heavy atom. The fraction of sp³-hybridized carbons (Fsp3) is 0.364. The molecule has 2 aromatic carbocycles. The van der Waals surface area contributed by atoms with Gasteiger partial charge in [0.2, 0.25) is 0 Å². The Labute approximate surface area is 170 Å². The zero-order valence-corrected chi connectivity index (χ0v) is 16.6. The van der Waals surface area contributed by atoms with Gasteiger partial charge in [0.05, 0.1) is 19.2 Å². The van der Waals surface area contributed by atoms with E-state index in [1.165, 1.54) is 7.11 Å². The summed E-state index contributed by atoms with van der Waals surface area (Å²) < 4.78 is 6.46. The summed E-state index contributed by atoms with van der Waals surface area (Å²) in [5.41, 5.74) is 3.56. The molecule has 3 aromatic rings. The van der Waals surface area contributed by atoms with Crippen molar-refractivity contribution in [2.45, 2.75) is 38.6 Å². The van der Waals surface area contributed by atoms with Crippen molar-refractivity contribution in [3.05, 3.63) is 59.7 Å². The van der Waals surface area contributed by atoms with Crippen LogP contribution in [0.1, 0.15) is 48.0 Å². The van der Waals surface area contributed by atoms with Crippen molar-refractivity contribution in [1.29, 1.82) is 0 Å². The summed E-state index contributed by atoms with van der Waals surface area (Å²) in [5, 5.41) is 11.3. The molecule has 152 valence electrons. The van der Waals surface area contributed by atoms with Crippen LogP contribution in [0.4, 0.5) is 0 Å². The molecule has 0 aliphatic heterocycles. The van der Waals surface area contributed by atoms with E-state index in [-0.39, 0.29) is 11.9 Å². The summed E-state index contributed by atoms with van der Waals surface area (Å²) in [4.78, 5) is 23.3. The average Bonchev–Trinajstić information content (AvgIpc) is 3.16. The molecule has 1 N–H and O–H groups in total. The number of ether oxygens (including phenoxy) is 1. The zero-order valence-electron chi connectivity index (χ0n) is 16.6. The molecule has 3 rings (SSSR count). The van der Waals surface area contributed by atoms with E-state index in [9.17, 15) is 9.59 Å². The van der Waals surface area contributed by atoms with Gasteiger partial charge >= 0.3 is 5.97 Å². The maximum Gasteiger partial charge on any atom is 0.305 e. The molecule has 0 spiro atoms. The minimum atomic E-state index is -0.168. The summed E-state index contributed by atoms with van der Waals surface area (Å²) in [6.07, 6.45) is 4.10. The molecule has 0 radical (unpaired) electrons. The van der Waals surface area contributed by atoms with Gasteiger partial charge < -0.3 is 10.1 Å². The van der Waals surface area contributed by atoms with Gasteiger partial charge in [0.1, 0.15) is 5.52 Å². The molecular weight excluding hydrogens is 368 g/mol. The van der Waals surface area contributed by atoms with E-state index in [2.05, 4.69) is 20.4 Å². The SMILES string of the molecule is COC(=O)CCCCCCNC(=O)c1ccc(Cn2nnc3ccccc32)cc1. The highest BCUT2D eigenvalue weighted by Crippen LogP contribution is 2.13. The van der Waals surface area contributed by atoms with Crippen LogP contribution in [0.3, 0.4) is 0 Å². The third-order valence-electron chi connectivity index (χ3n) is 4.79. The highest BCUT2D eigenvalue weighted by atomic mass is 16.5. The fourth-order valence-electron chi connectivity index (χ4n) is 3.12. The van der Waals surface area contributed by atoms with Crippen molar-refractivity contribution in [3.8, 4) is 0 Å².